The van der Waals surface area contributed by atoms with Gasteiger partial charge in [-0.1, -0.05) is 46.5 Å². The fourth-order valence-electron chi connectivity index (χ4n) is 2.96. The van der Waals surface area contributed by atoms with Crippen LogP contribution in [0.3, 0.4) is 0 Å². The van der Waals surface area contributed by atoms with E-state index in [1.165, 1.54) is 12.8 Å². The van der Waals surface area contributed by atoms with Crippen molar-refractivity contribution < 1.29 is 14.7 Å². The number of urea groups is 1. The molecular weight excluding hydrogens is 268 g/mol. The molecule has 0 aromatic heterocycles. The lowest BCUT2D eigenvalue weighted by Gasteiger charge is -2.27. The van der Waals surface area contributed by atoms with Gasteiger partial charge in [-0.2, -0.15) is 0 Å². The maximum atomic E-state index is 12.1. The third-order valence-electron chi connectivity index (χ3n) is 3.81. The van der Waals surface area contributed by atoms with Gasteiger partial charge in [0.05, 0.1) is 6.42 Å². The molecule has 5 heteroatoms. The Labute approximate surface area is 127 Å². The molecule has 0 bridgehead atoms. The first kappa shape index (κ1) is 17.8. The van der Waals surface area contributed by atoms with Gasteiger partial charge in [-0.15, -0.1) is 0 Å². The lowest BCUT2D eigenvalue weighted by atomic mass is 9.87. The number of hydrogen-bond acceptors (Lipinski definition) is 2. The molecule has 0 saturated heterocycles. The van der Waals surface area contributed by atoms with Crippen molar-refractivity contribution in [2.75, 3.05) is 0 Å². The molecule has 2 amide bonds. The van der Waals surface area contributed by atoms with Crippen molar-refractivity contribution in [1.82, 2.24) is 10.6 Å². The maximum Gasteiger partial charge on any atom is 0.315 e. The molecule has 0 spiro atoms. The Morgan fingerprint density at radius 2 is 1.71 bits per heavy atom. The molecule has 1 atom stereocenters. The molecule has 1 fully saturated rings. The zero-order valence-corrected chi connectivity index (χ0v) is 13.6. The van der Waals surface area contributed by atoms with Crippen LogP contribution in [0.1, 0.15) is 72.1 Å². The van der Waals surface area contributed by atoms with Crippen molar-refractivity contribution in [3.05, 3.63) is 0 Å². The van der Waals surface area contributed by atoms with E-state index < -0.39 is 5.97 Å². The van der Waals surface area contributed by atoms with Crippen molar-refractivity contribution in [2.45, 2.75) is 84.2 Å². The van der Waals surface area contributed by atoms with E-state index in [-0.39, 0.29) is 30.0 Å². The number of carboxylic acids is 1. The third kappa shape index (κ3) is 8.58. The predicted molar refractivity (Wildman–Crippen MR) is 83.3 cm³/mol. The second-order valence-electron chi connectivity index (χ2n) is 7.37. The number of rotatable bonds is 5. The Bertz CT molecular complexity index is 342. The molecule has 1 rings (SSSR count). The Morgan fingerprint density at radius 3 is 2.19 bits per heavy atom. The first-order chi connectivity index (χ1) is 9.76. The van der Waals surface area contributed by atoms with Gasteiger partial charge in [-0.3, -0.25) is 4.79 Å². The summed E-state index contributed by atoms with van der Waals surface area (Å²) in [6.45, 7) is 6.15. The summed E-state index contributed by atoms with van der Waals surface area (Å²) in [4.78, 5) is 23.0. The molecule has 5 nitrogen and oxygen atoms in total. The van der Waals surface area contributed by atoms with E-state index in [1.54, 1.807) is 0 Å². The fourth-order valence-corrected chi connectivity index (χ4v) is 2.96. The number of hydrogen-bond donors (Lipinski definition) is 3. The van der Waals surface area contributed by atoms with E-state index in [9.17, 15) is 9.59 Å². The number of carbonyl (C=O) groups excluding carboxylic acids is 1. The zero-order chi connectivity index (χ0) is 15.9. The molecule has 0 radical (unpaired) electrons. The minimum absolute atomic E-state index is 0.0181. The van der Waals surface area contributed by atoms with E-state index in [4.69, 9.17) is 5.11 Å². The molecule has 1 unspecified atom stereocenters. The molecule has 0 aromatic rings. The van der Waals surface area contributed by atoms with Crippen LogP contribution in [0.15, 0.2) is 0 Å². The van der Waals surface area contributed by atoms with Gasteiger partial charge in [0.15, 0.2) is 0 Å². The summed E-state index contributed by atoms with van der Waals surface area (Å²) >= 11 is 0. The first-order valence-corrected chi connectivity index (χ1v) is 8.05. The van der Waals surface area contributed by atoms with E-state index in [0.29, 0.717) is 6.42 Å². The standard InChI is InChI=1S/C16H30N2O3/c1-16(2,3)11-13(10-14(19)20)18-15(21)17-12-8-6-4-5-7-9-12/h12-13H,4-11H2,1-3H3,(H,19,20)(H2,17,18,21). The second-order valence-corrected chi connectivity index (χ2v) is 7.37. The number of aliphatic carboxylic acids is 1. The second kappa shape index (κ2) is 8.25. The number of carbonyl (C=O) groups is 2. The largest absolute Gasteiger partial charge is 0.481 e. The number of carboxylic acid groups (broad SMARTS) is 1. The zero-order valence-electron chi connectivity index (χ0n) is 13.6. The lowest BCUT2D eigenvalue weighted by Crippen LogP contribution is -2.47. The van der Waals surface area contributed by atoms with Crippen molar-refractivity contribution in [3.63, 3.8) is 0 Å². The van der Waals surface area contributed by atoms with Crippen LogP contribution in [-0.2, 0) is 4.79 Å². The quantitative estimate of drug-likeness (QED) is 0.681. The van der Waals surface area contributed by atoms with Crippen molar-refractivity contribution in [3.8, 4) is 0 Å². The van der Waals surface area contributed by atoms with Crippen LogP contribution in [0.5, 0.6) is 0 Å². The SMILES string of the molecule is CC(C)(C)CC(CC(=O)O)NC(=O)NC1CCCCCC1. The maximum absolute atomic E-state index is 12.1. The minimum Gasteiger partial charge on any atom is -0.481 e. The highest BCUT2D eigenvalue weighted by atomic mass is 16.4. The van der Waals surface area contributed by atoms with E-state index in [1.807, 2.05) is 20.8 Å². The third-order valence-corrected chi connectivity index (χ3v) is 3.81. The van der Waals surface area contributed by atoms with Gasteiger partial charge >= 0.3 is 12.0 Å². The summed E-state index contributed by atoms with van der Waals surface area (Å²) in [5.74, 6) is -0.876. The molecule has 0 aliphatic heterocycles. The molecule has 21 heavy (non-hydrogen) atoms. The van der Waals surface area contributed by atoms with Crippen LogP contribution < -0.4 is 10.6 Å². The van der Waals surface area contributed by atoms with Crippen molar-refractivity contribution in [2.24, 2.45) is 5.41 Å². The molecular formula is C16H30N2O3. The van der Waals surface area contributed by atoms with Gasteiger partial charge in [-0.25, -0.2) is 4.79 Å². The molecule has 122 valence electrons. The van der Waals surface area contributed by atoms with Crippen LogP contribution in [0.4, 0.5) is 4.79 Å². The topological polar surface area (TPSA) is 78.4 Å². The molecule has 3 N–H and O–H groups in total. The monoisotopic (exact) mass is 298 g/mol. The molecule has 0 heterocycles. The summed E-state index contributed by atoms with van der Waals surface area (Å²) in [5, 5.41) is 14.8. The normalized spacial score (nSPS) is 18.6. The average molecular weight is 298 g/mol. The molecule has 1 aliphatic rings. The lowest BCUT2D eigenvalue weighted by molar-refractivity contribution is -0.137. The van der Waals surface area contributed by atoms with Gasteiger partial charge in [-0.05, 0) is 24.7 Å². The van der Waals surface area contributed by atoms with Crippen LogP contribution in [0, 0.1) is 5.41 Å². The highest BCUT2D eigenvalue weighted by molar-refractivity contribution is 5.76. The van der Waals surface area contributed by atoms with E-state index in [0.717, 1.165) is 25.7 Å². The molecule has 1 saturated carbocycles. The van der Waals surface area contributed by atoms with E-state index in [2.05, 4.69) is 10.6 Å². The Kier molecular flexibility index (Phi) is 6.99. The summed E-state index contributed by atoms with van der Waals surface area (Å²) in [5.41, 5.74) is -0.0181. The minimum atomic E-state index is -0.876. The molecule has 0 aromatic carbocycles. The summed E-state index contributed by atoms with van der Waals surface area (Å²) in [7, 11) is 0. The predicted octanol–water partition coefficient (Wildman–Crippen LogP) is 3.29. The van der Waals surface area contributed by atoms with Gasteiger partial charge < -0.3 is 15.7 Å². The Balaban J connectivity index is 2.48. The fraction of sp³-hybridized carbons (Fsp3) is 0.875. The first-order valence-electron chi connectivity index (χ1n) is 8.05. The van der Waals surface area contributed by atoms with Gasteiger partial charge in [0.1, 0.15) is 0 Å². The van der Waals surface area contributed by atoms with Crippen molar-refractivity contribution >= 4 is 12.0 Å². The van der Waals surface area contributed by atoms with E-state index >= 15 is 0 Å². The van der Waals surface area contributed by atoms with Gasteiger partial charge in [0.2, 0.25) is 0 Å². The van der Waals surface area contributed by atoms with Gasteiger partial charge in [0, 0.05) is 12.1 Å². The highest BCUT2D eigenvalue weighted by Gasteiger charge is 2.23. The van der Waals surface area contributed by atoms with Crippen molar-refractivity contribution in [1.29, 1.82) is 0 Å². The Hall–Kier alpha value is -1.26. The summed E-state index contributed by atoms with van der Waals surface area (Å²) < 4.78 is 0. The van der Waals surface area contributed by atoms with Gasteiger partial charge in [0.25, 0.3) is 0 Å². The van der Waals surface area contributed by atoms with Crippen LogP contribution in [0.25, 0.3) is 0 Å². The average Bonchev–Trinajstić information content (AvgIpc) is 2.53. The highest BCUT2D eigenvalue weighted by Crippen LogP contribution is 2.22. The Morgan fingerprint density at radius 1 is 1.14 bits per heavy atom. The number of amides is 2. The number of nitrogens with one attached hydrogen (secondary N) is 2. The van der Waals surface area contributed by atoms with Crippen LogP contribution >= 0.6 is 0 Å². The molecule has 1 aliphatic carbocycles. The van der Waals surface area contributed by atoms with Crippen LogP contribution in [-0.4, -0.2) is 29.2 Å². The van der Waals surface area contributed by atoms with Crippen LogP contribution in [0.2, 0.25) is 0 Å². The summed E-state index contributed by atoms with van der Waals surface area (Å²) in [6.07, 6.45) is 7.47. The smallest absolute Gasteiger partial charge is 0.315 e. The summed E-state index contributed by atoms with van der Waals surface area (Å²) in [6, 6.07) is -0.321.